The molecule has 0 aromatic carbocycles. The second-order valence-corrected chi connectivity index (χ2v) is 3.61. The van der Waals surface area contributed by atoms with Gasteiger partial charge in [-0.3, -0.25) is 4.98 Å². The summed E-state index contributed by atoms with van der Waals surface area (Å²) in [6.07, 6.45) is 4.58. The van der Waals surface area contributed by atoms with Crippen molar-refractivity contribution < 1.29 is 9.47 Å². The lowest BCUT2D eigenvalue weighted by atomic mass is 10.1. The number of nitrogens with zero attached hydrogens (tertiary/aromatic N) is 1. The monoisotopic (exact) mass is 224 g/mol. The second-order valence-electron chi connectivity index (χ2n) is 3.61. The van der Waals surface area contributed by atoms with Crippen LogP contribution in [-0.2, 0) is 15.9 Å². The number of likely N-dealkylation sites (N-methyl/N-ethyl adjacent to an activating group) is 1. The molecule has 0 fully saturated rings. The summed E-state index contributed by atoms with van der Waals surface area (Å²) in [5.74, 6) is 0. The van der Waals surface area contributed by atoms with E-state index in [0.717, 1.165) is 6.42 Å². The molecular formula is C12H20N2O2. The lowest BCUT2D eigenvalue weighted by Gasteiger charge is -2.16. The third-order valence-corrected chi connectivity index (χ3v) is 2.39. The van der Waals surface area contributed by atoms with Gasteiger partial charge in [0.1, 0.15) is 0 Å². The van der Waals surface area contributed by atoms with Crippen LogP contribution in [0.5, 0.6) is 0 Å². The van der Waals surface area contributed by atoms with E-state index in [9.17, 15) is 0 Å². The highest BCUT2D eigenvalue weighted by atomic mass is 16.5. The van der Waals surface area contributed by atoms with E-state index in [0.29, 0.717) is 25.9 Å². The Labute approximate surface area is 97.0 Å². The normalized spacial score (nSPS) is 12.6. The Morgan fingerprint density at radius 1 is 1.31 bits per heavy atom. The van der Waals surface area contributed by atoms with Crippen molar-refractivity contribution in [3.63, 3.8) is 0 Å². The Morgan fingerprint density at radius 2 is 2.06 bits per heavy atom. The smallest absolute Gasteiger partial charge is 0.0701 e. The van der Waals surface area contributed by atoms with Gasteiger partial charge >= 0.3 is 0 Å². The maximum absolute atomic E-state index is 5.50. The van der Waals surface area contributed by atoms with Crippen molar-refractivity contribution in [2.75, 3.05) is 34.0 Å². The molecule has 4 heteroatoms. The number of aromatic nitrogens is 1. The molecule has 0 radical (unpaired) electrons. The van der Waals surface area contributed by atoms with Crippen LogP contribution in [0.15, 0.2) is 24.5 Å². The average Bonchev–Trinajstić information content (AvgIpc) is 2.34. The maximum Gasteiger partial charge on any atom is 0.0701 e. The van der Waals surface area contributed by atoms with Gasteiger partial charge in [-0.05, 0) is 31.2 Å². The van der Waals surface area contributed by atoms with Crippen molar-refractivity contribution >= 4 is 0 Å². The van der Waals surface area contributed by atoms with Crippen molar-refractivity contribution in [1.29, 1.82) is 0 Å². The van der Waals surface area contributed by atoms with Gasteiger partial charge in [-0.15, -0.1) is 0 Å². The molecular weight excluding hydrogens is 204 g/mol. The molecule has 0 amide bonds. The number of ether oxygens (including phenoxy) is 2. The predicted octanol–water partition coefficient (Wildman–Crippen LogP) is 0.875. The zero-order valence-corrected chi connectivity index (χ0v) is 9.98. The number of methoxy groups -OCH3 is 1. The fourth-order valence-corrected chi connectivity index (χ4v) is 1.42. The first kappa shape index (κ1) is 13.1. The summed E-state index contributed by atoms with van der Waals surface area (Å²) in [6.45, 7) is 1.99. The molecule has 0 bridgehead atoms. The van der Waals surface area contributed by atoms with Crippen LogP contribution in [-0.4, -0.2) is 45.0 Å². The fraction of sp³-hybridized carbons (Fsp3) is 0.583. The number of rotatable bonds is 8. The summed E-state index contributed by atoms with van der Waals surface area (Å²) < 4.78 is 10.4. The zero-order valence-electron chi connectivity index (χ0n) is 9.98. The molecule has 1 heterocycles. The zero-order chi connectivity index (χ0) is 11.6. The summed E-state index contributed by atoms with van der Waals surface area (Å²) in [5, 5.41) is 3.24. The quantitative estimate of drug-likeness (QED) is 0.666. The van der Waals surface area contributed by atoms with Gasteiger partial charge in [0.25, 0.3) is 0 Å². The van der Waals surface area contributed by atoms with E-state index in [1.54, 1.807) is 7.11 Å². The summed E-state index contributed by atoms with van der Waals surface area (Å²) in [6, 6.07) is 4.39. The Bertz CT molecular complexity index is 267. The highest BCUT2D eigenvalue weighted by Gasteiger charge is 2.06. The largest absolute Gasteiger partial charge is 0.382 e. The van der Waals surface area contributed by atoms with Gasteiger partial charge in [0.15, 0.2) is 0 Å². The van der Waals surface area contributed by atoms with Crippen molar-refractivity contribution in [1.82, 2.24) is 10.3 Å². The van der Waals surface area contributed by atoms with E-state index < -0.39 is 0 Å². The molecule has 1 N–H and O–H groups in total. The van der Waals surface area contributed by atoms with Gasteiger partial charge in [0, 0.05) is 25.5 Å². The molecule has 0 aliphatic rings. The van der Waals surface area contributed by atoms with Crippen molar-refractivity contribution in [3.05, 3.63) is 30.1 Å². The van der Waals surface area contributed by atoms with Crippen molar-refractivity contribution in [3.8, 4) is 0 Å². The van der Waals surface area contributed by atoms with Crippen LogP contribution >= 0.6 is 0 Å². The van der Waals surface area contributed by atoms with Gasteiger partial charge < -0.3 is 14.8 Å². The van der Waals surface area contributed by atoms with E-state index in [1.807, 2.05) is 31.6 Å². The van der Waals surface area contributed by atoms with E-state index >= 15 is 0 Å². The first-order chi connectivity index (χ1) is 7.86. The standard InChI is InChI=1S/C12H20N2O2/c1-13-12(10-16-8-7-15-2)9-11-3-5-14-6-4-11/h3-6,12-13H,7-10H2,1-2H3. The molecule has 1 rings (SSSR count). The van der Waals surface area contributed by atoms with Crippen LogP contribution in [0.3, 0.4) is 0 Å². The van der Waals surface area contributed by atoms with Gasteiger partial charge in [0.05, 0.1) is 19.8 Å². The summed E-state index contributed by atoms with van der Waals surface area (Å²) in [4.78, 5) is 4.00. The van der Waals surface area contributed by atoms with Gasteiger partial charge in [-0.2, -0.15) is 0 Å². The number of pyridine rings is 1. The first-order valence-corrected chi connectivity index (χ1v) is 5.49. The third kappa shape index (κ3) is 5.21. The van der Waals surface area contributed by atoms with Crippen LogP contribution in [0, 0.1) is 0 Å². The number of hydrogen-bond donors (Lipinski definition) is 1. The van der Waals surface area contributed by atoms with E-state index in [-0.39, 0.29) is 0 Å². The molecule has 0 aliphatic carbocycles. The van der Waals surface area contributed by atoms with Crippen molar-refractivity contribution in [2.45, 2.75) is 12.5 Å². The minimum absolute atomic E-state index is 0.333. The predicted molar refractivity (Wildman–Crippen MR) is 63.5 cm³/mol. The molecule has 0 spiro atoms. The summed E-state index contributed by atoms with van der Waals surface area (Å²) in [5.41, 5.74) is 1.27. The van der Waals surface area contributed by atoms with E-state index in [4.69, 9.17) is 9.47 Å². The molecule has 0 saturated heterocycles. The fourth-order valence-electron chi connectivity index (χ4n) is 1.42. The van der Waals surface area contributed by atoms with Gasteiger partial charge in [-0.1, -0.05) is 0 Å². The summed E-state index contributed by atoms with van der Waals surface area (Å²) in [7, 11) is 3.63. The summed E-state index contributed by atoms with van der Waals surface area (Å²) >= 11 is 0. The Morgan fingerprint density at radius 3 is 2.69 bits per heavy atom. The van der Waals surface area contributed by atoms with Gasteiger partial charge in [0.2, 0.25) is 0 Å². The first-order valence-electron chi connectivity index (χ1n) is 5.49. The molecule has 1 aromatic rings. The van der Waals surface area contributed by atoms with Gasteiger partial charge in [-0.25, -0.2) is 0 Å². The second kappa shape index (κ2) is 8.21. The number of nitrogens with one attached hydrogen (secondary N) is 1. The maximum atomic E-state index is 5.50. The lowest BCUT2D eigenvalue weighted by molar-refractivity contribution is 0.0598. The van der Waals surface area contributed by atoms with Crippen LogP contribution in [0.4, 0.5) is 0 Å². The minimum atomic E-state index is 0.333. The molecule has 90 valence electrons. The Kier molecular flexibility index (Phi) is 6.72. The highest BCUT2D eigenvalue weighted by Crippen LogP contribution is 2.01. The Balaban J connectivity index is 2.26. The lowest BCUT2D eigenvalue weighted by Crippen LogP contribution is -2.33. The Hall–Kier alpha value is -0.970. The molecule has 0 aliphatic heterocycles. The highest BCUT2D eigenvalue weighted by molar-refractivity contribution is 5.11. The molecule has 16 heavy (non-hydrogen) atoms. The average molecular weight is 224 g/mol. The van der Waals surface area contributed by atoms with E-state index in [2.05, 4.69) is 10.3 Å². The molecule has 1 aromatic heterocycles. The van der Waals surface area contributed by atoms with Crippen LogP contribution in [0.2, 0.25) is 0 Å². The third-order valence-electron chi connectivity index (χ3n) is 2.39. The SMILES string of the molecule is CNC(COCCOC)Cc1ccncc1. The van der Waals surface area contributed by atoms with Crippen LogP contribution in [0.25, 0.3) is 0 Å². The number of hydrogen-bond acceptors (Lipinski definition) is 4. The van der Waals surface area contributed by atoms with E-state index in [1.165, 1.54) is 5.56 Å². The van der Waals surface area contributed by atoms with Crippen LogP contribution in [0.1, 0.15) is 5.56 Å². The molecule has 0 saturated carbocycles. The molecule has 1 atom stereocenters. The van der Waals surface area contributed by atoms with Crippen molar-refractivity contribution in [2.24, 2.45) is 0 Å². The molecule has 1 unspecified atom stereocenters. The minimum Gasteiger partial charge on any atom is -0.382 e. The molecule has 4 nitrogen and oxygen atoms in total. The van der Waals surface area contributed by atoms with Crippen LogP contribution < -0.4 is 5.32 Å². The topological polar surface area (TPSA) is 43.4 Å².